The Labute approximate surface area is 250 Å². The van der Waals surface area contributed by atoms with Gasteiger partial charge in [-0.15, -0.1) is 22.7 Å². The van der Waals surface area contributed by atoms with E-state index in [1.807, 2.05) is 0 Å². The van der Waals surface area contributed by atoms with E-state index in [-0.39, 0.29) is 47.0 Å². The molecule has 0 aliphatic rings. The molecule has 0 bridgehead atoms. The fourth-order valence-electron chi connectivity index (χ4n) is 3.30. The van der Waals surface area contributed by atoms with Crippen molar-refractivity contribution in [3.05, 3.63) is 32.0 Å². The van der Waals surface area contributed by atoms with Gasteiger partial charge in [0.15, 0.2) is 0 Å². The van der Waals surface area contributed by atoms with Gasteiger partial charge in [-0.25, -0.2) is 9.59 Å². The Bertz CT molecular complexity index is 1470. The number of nitriles is 2. The Morgan fingerprint density at radius 1 is 0.682 bits per heavy atom. The summed E-state index contributed by atoms with van der Waals surface area (Å²) in [5, 5.41) is 18.6. The van der Waals surface area contributed by atoms with E-state index in [4.69, 9.17) is 0 Å². The van der Waals surface area contributed by atoms with Gasteiger partial charge in [0.1, 0.15) is 31.9 Å². The van der Waals surface area contributed by atoms with Crippen molar-refractivity contribution in [2.75, 3.05) is 23.8 Å². The Morgan fingerprint density at radius 3 is 1.23 bits per heavy atom. The minimum Gasteiger partial charge on any atom is -0.462 e. The van der Waals surface area contributed by atoms with Crippen LogP contribution in [0.15, 0.2) is 0 Å². The molecule has 238 valence electrons. The van der Waals surface area contributed by atoms with Crippen LogP contribution < -0.4 is 10.6 Å². The normalized spacial score (nSPS) is 12.1. The van der Waals surface area contributed by atoms with E-state index in [2.05, 4.69) is 9.47 Å². The number of alkyl halides is 8. The van der Waals surface area contributed by atoms with Crippen molar-refractivity contribution in [1.82, 2.24) is 0 Å². The number of nitrogens with zero attached hydrogens (tertiary/aromatic N) is 2. The van der Waals surface area contributed by atoms with Crippen LogP contribution in [0.1, 0.15) is 55.4 Å². The van der Waals surface area contributed by atoms with Gasteiger partial charge in [-0.05, 0) is 38.8 Å². The molecule has 0 atom stereocenters. The van der Waals surface area contributed by atoms with Crippen molar-refractivity contribution in [3.8, 4) is 12.1 Å². The Morgan fingerprint density at radius 2 is 0.977 bits per heavy atom. The van der Waals surface area contributed by atoms with Crippen LogP contribution in [-0.4, -0.2) is 60.7 Å². The highest BCUT2D eigenvalue weighted by molar-refractivity contribution is 7.19. The minimum atomic E-state index is -7.27. The number of amides is 2. The summed E-state index contributed by atoms with van der Waals surface area (Å²) in [4.78, 5) is 47.3. The molecule has 0 aliphatic carbocycles. The summed E-state index contributed by atoms with van der Waals surface area (Å²) in [6, 6.07) is 2.76. The molecular weight excluding hydrogens is 656 g/mol. The van der Waals surface area contributed by atoms with E-state index in [0.717, 1.165) is 24.5 Å². The van der Waals surface area contributed by atoms with Gasteiger partial charge in [-0.3, -0.25) is 9.59 Å². The average molecular weight is 675 g/mol. The first-order valence-electron chi connectivity index (χ1n) is 11.7. The number of nitrogens with one attached hydrogen (secondary N) is 2. The van der Waals surface area contributed by atoms with Gasteiger partial charge < -0.3 is 20.1 Å². The summed E-state index contributed by atoms with van der Waals surface area (Å²) < 4.78 is 126. The van der Waals surface area contributed by atoms with Crippen LogP contribution in [-0.2, 0) is 19.1 Å². The largest absolute Gasteiger partial charge is 0.462 e. The fraction of sp³-hybridized carbons (Fsp3) is 0.417. The Kier molecular flexibility index (Phi) is 10.4. The molecule has 0 fully saturated rings. The first kappa shape index (κ1) is 35.9. The summed E-state index contributed by atoms with van der Waals surface area (Å²) in [6.07, 6.45) is 0. The van der Waals surface area contributed by atoms with Crippen molar-refractivity contribution in [2.24, 2.45) is 0 Å². The van der Waals surface area contributed by atoms with Crippen molar-refractivity contribution in [1.29, 1.82) is 10.5 Å². The summed E-state index contributed by atoms with van der Waals surface area (Å²) in [6.45, 7) is 4.52. The van der Waals surface area contributed by atoms with Crippen molar-refractivity contribution < 1.29 is 63.8 Å². The molecule has 2 rings (SSSR count). The second-order valence-electron chi connectivity index (χ2n) is 8.39. The van der Waals surface area contributed by atoms with Gasteiger partial charge in [0.2, 0.25) is 0 Å². The van der Waals surface area contributed by atoms with Gasteiger partial charge in [-0.2, -0.15) is 45.6 Å². The maximum atomic E-state index is 14.6. The molecule has 20 heteroatoms. The summed E-state index contributed by atoms with van der Waals surface area (Å²) in [5.41, 5.74) is -1.96. The summed E-state index contributed by atoms with van der Waals surface area (Å²) >= 11 is 0.159. The van der Waals surface area contributed by atoms with Crippen LogP contribution in [0.5, 0.6) is 0 Å². The molecule has 2 N–H and O–H groups in total. The monoisotopic (exact) mass is 674 g/mol. The predicted molar refractivity (Wildman–Crippen MR) is 137 cm³/mol. The van der Waals surface area contributed by atoms with Gasteiger partial charge >= 0.3 is 47.4 Å². The number of thiophene rings is 2. The molecule has 0 aliphatic heterocycles. The number of carbonyl (C=O) groups excluding carboxylic acids is 4. The zero-order chi connectivity index (χ0) is 34.0. The highest BCUT2D eigenvalue weighted by atomic mass is 32.1. The Balaban J connectivity index is 2.45. The molecule has 0 aromatic carbocycles. The highest BCUT2D eigenvalue weighted by Gasteiger charge is 2.84. The average Bonchev–Trinajstić information content (AvgIpc) is 3.42. The number of esters is 2. The standard InChI is InChI=1S/C24H18F8N4O6S2/c1-5-41-17(37)13-9(3)11(7-33)15(43-13)35-19(39)21(25,26)23(29,30)24(31,32)22(27,28)20(40)36-16-12(8-34)10(4)14(44-16)18(38)42-6-2/h5-6H2,1-4H3,(H,35,39)(H,36,40). The second kappa shape index (κ2) is 12.7. The van der Waals surface area contributed by atoms with Crippen LogP contribution in [0.2, 0.25) is 0 Å². The van der Waals surface area contributed by atoms with Gasteiger partial charge in [0.05, 0.1) is 24.3 Å². The van der Waals surface area contributed by atoms with Crippen LogP contribution in [0.3, 0.4) is 0 Å². The zero-order valence-corrected chi connectivity index (χ0v) is 24.2. The Hall–Kier alpha value is -4.30. The molecule has 2 aromatic rings. The molecule has 2 amide bonds. The highest BCUT2D eigenvalue weighted by Crippen LogP contribution is 2.53. The number of halogens is 8. The van der Waals surface area contributed by atoms with Gasteiger partial charge in [-0.1, -0.05) is 0 Å². The van der Waals surface area contributed by atoms with Crippen LogP contribution >= 0.6 is 22.7 Å². The molecule has 44 heavy (non-hydrogen) atoms. The van der Waals surface area contributed by atoms with Gasteiger partial charge in [0, 0.05) is 0 Å². The van der Waals surface area contributed by atoms with Crippen LogP contribution in [0.4, 0.5) is 45.1 Å². The van der Waals surface area contributed by atoms with Crippen molar-refractivity contribution >= 4 is 56.4 Å². The fourth-order valence-corrected chi connectivity index (χ4v) is 5.39. The lowest BCUT2D eigenvalue weighted by atomic mass is 9.97. The van der Waals surface area contributed by atoms with E-state index in [1.54, 1.807) is 0 Å². The molecule has 0 unspecified atom stereocenters. The predicted octanol–water partition coefficient (Wildman–Crippen LogP) is 5.64. The third kappa shape index (κ3) is 5.91. The summed E-state index contributed by atoms with van der Waals surface area (Å²) in [7, 11) is 0. The smallest absolute Gasteiger partial charge is 0.393 e. The zero-order valence-electron chi connectivity index (χ0n) is 22.6. The number of ether oxygens (including phenoxy) is 2. The number of hydrogen-bond acceptors (Lipinski definition) is 10. The van der Waals surface area contributed by atoms with E-state index >= 15 is 0 Å². The number of carbonyl (C=O) groups is 4. The lowest BCUT2D eigenvalue weighted by Gasteiger charge is -2.35. The molecule has 0 saturated carbocycles. The first-order chi connectivity index (χ1) is 20.2. The topological polar surface area (TPSA) is 158 Å². The second-order valence-corrected chi connectivity index (χ2v) is 10.4. The molecule has 2 heterocycles. The minimum absolute atomic E-state index is 0.0794. The van der Waals surface area contributed by atoms with Crippen molar-refractivity contribution in [2.45, 2.75) is 51.4 Å². The maximum Gasteiger partial charge on any atom is 0.393 e. The SMILES string of the molecule is CCOC(=O)c1sc(NC(=O)C(F)(F)C(F)(F)C(F)(F)C(F)(F)C(=O)Nc2sc(C(=O)OCC)c(C)c2C#N)c(C#N)c1C. The third-order valence-corrected chi connectivity index (χ3v) is 8.02. The maximum absolute atomic E-state index is 14.6. The number of rotatable bonds is 11. The van der Waals surface area contributed by atoms with E-state index < -0.39 is 78.3 Å². The first-order valence-corrected chi connectivity index (χ1v) is 13.4. The van der Waals surface area contributed by atoms with E-state index in [9.17, 15) is 64.8 Å². The molecule has 0 spiro atoms. The molecule has 0 saturated heterocycles. The lowest BCUT2D eigenvalue weighted by molar-refractivity contribution is -0.345. The number of anilines is 2. The molecular formula is C24H18F8N4O6S2. The molecule has 0 radical (unpaired) electrons. The third-order valence-electron chi connectivity index (χ3n) is 5.65. The van der Waals surface area contributed by atoms with Gasteiger partial charge in [0.25, 0.3) is 0 Å². The van der Waals surface area contributed by atoms with E-state index in [0.29, 0.717) is 0 Å². The quantitative estimate of drug-likeness (QED) is 0.229. The number of hydrogen-bond donors (Lipinski definition) is 2. The molecule has 2 aromatic heterocycles. The van der Waals surface area contributed by atoms with Crippen molar-refractivity contribution in [3.63, 3.8) is 0 Å². The van der Waals surface area contributed by atoms with E-state index in [1.165, 1.54) is 26.0 Å². The lowest BCUT2D eigenvalue weighted by Crippen LogP contribution is -2.67. The van der Waals surface area contributed by atoms with Crippen LogP contribution in [0.25, 0.3) is 0 Å². The summed E-state index contributed by atoms with van der Waals surface area (Å²) in [5.74, 6) is -36.7. The van der Waals surface area contributed by atoms with Crippen LogP contribution in [0, 0.1) is 36.5 Å². The molecule has 10 nitrogen and oxygen atoms in total.